The summed E-state index contributed by atoms with van der Waals surface area (Å²) in [5.41, 5.74) is 2.70. The van der Waals surface area contributed by atoms with E-state index in [2.05, 4.69) is 21.7 Å². The summed E-state index contributed by atoms with van der Waals surface area (Å²) in [4.78, 5) is 4.57. The van der Waals surface area contributed by atoms with Crippen molar-refractivity contribution in [1.82, 2.24) is 10.6 Å². The summed E-state index contributed by atoms with van der Waals surface area (Å²) in [5.74, 6) is 1.49. The second kappa shape index (κ2) is 12.4. The first-order chi connectivity index (χ1) is 12.7. The maximum absolute atomic E-state index is 8.97. The molecule has 0 aliphatic carbocycles. The first-order valence-electron chi connectivity index (χ1n) is 8.50. The van der Waals surface area contributed by atoms with Crippen LogP contribution in [-0.4, -0.2) is 26.2 Å². The van der Waals surface area contributed by atoms with E-state index in [1.807, 2.05) is 43.3 Å². The Hall–Kier alpha value is -1.98. The fourth-order valence-corrected chi connectivity index (χ4v) is 2.69. The van der Waals surface area contributed by atoms with Crippen molar-refractivity contribution in [2.24, 2.45) is 4.99 Å². The molecule has 2 aromatic carbocycles. The van der Waals surface area contributed by atoms with Gasteiger partial charge in [-0.25, -0.2) is 4.99 Å². The van der Waals surface area contributed by atoms with Crippen LogP contribution in [0.3, 0.4) is 0 Å². The minimum Gasteiger partial charge on any atom is -0.497 e. The smallest absolute Gasteiger partial charge is 0.191 e. The van der Waals surface area contributed by atoms with E-state index in [4.69, 9.17) is 21.6 Å². The number of nitrogens with one attached hydrogen (secondary N) is 2. The van der Waals surface area contributed by atoms with Gasteiger partial charge < -0.3 is 15.4 Å². The van der Waals surface area contributed by atoms with Gasteiger partial charge in [-0.15, -0.1) is 24.0 Å². The van der Waals surface area contributed by atoms with Gasteiger partial charge in [0.05, 0.1) is 25.3 Å². The monoisotopic (exact) mass is 498 g/mol. The number of ether oxygens (including phenoxy) is 1. The van der Waals surface area contributed by atoms with Gasteiger partial charge in [0, 0.05) is 18.1 Å². The van der Waals surface area contributed by atoms with Crippen molar-refractivity contribution in [2.75, 3.05) is 20.2 Å². The lowest BCUT2D eigenvalue weighted by atomic mass is 10.1. The second-order valence-corrected chi connectivity index (χ2v) is 6.05. The Balaban J connectivity index is 0.00000364. The number of guanidine groups is 1. The molecule has 0 aliphatic rings. The van der Waals surface area contributed by atoms with Crippen molar-refractivity contribution in [3.05, 3.63) is 64.2 Å². The quantitative estimate of drug-likeness (QED) is 0.342. The van der Waals surface area contributed by atoms with Crippen molar-refractivity contribution < 1.29 is 4.74 Å². The zero-order valence-electron chi connectivity index (χ0n) is 15.5. The van der Waals surface area contributed by atoms with Crippen molar-refractivity contribution >= 4 is 41.5 Å². The zero-order valence-corrected chi connectivity index (χ0v) is 18.5. The molecule has 0 unspecified atom stereocenters. The first kappa shape index (κ1) is 23.1. The molecule has 7 heteroatoms. The molecule has 144 valence electrons. The summed E-state index contributed by atoms with van der Waals surface area (Å²) in [6.07, 6.45) is 0.775. The Bertz CT molecular complexity index is 805. The van der Waals surface area contributed by atoms with Crippen molar-refractivity contribution in [2.45, 2.75) is 19.9 Å². The maximum atomic E-state index is 8.97. The van der Waals surface area contributed by atoms with Crippen LogP contribution in [0.1, 0.15) is 23.6 Å². The van der Waals surface area contributed by atoms with Crippen LogP contribution in [0.2, 0.25) is 5.02 Å². The van der Waals surface area contributed by atoms with E-state index in [0.29, 0.717) is 23.7 Å². The van der Waals surface area contributed by atoms with Gasteiger partial charge in [-0.2, -0.15) is 5.26 Å². The summed E-state index contributed by atoms with van der Waals surface area (Å²) in [7, 11) is 1.62. The second-order valence-electron chi connectivity index (χ2n) is 5.64. The van der Waals surface area contributed by atoms with Crippen LogP contribution in [0, 0.1) is 11.3 Å². The van der Waals surface area contributed by atoms with Crippen LogP contribution in [0.25, 0.3) is 0 Å². The SMILES string of the molecule is CCNC(=NCc1cccc(C#N)c1)NCCc1ccc(OC)cc1Cl.I. The first-order valence-corrected chi connectivity index (χ1v) is 8.87. The highest BCUT2D eigenvalue weighted by Gasteiger charge is 2.04. The molecular weight excluding hydrogens is 475 g/mol. The van der Waals surface area contributed by atoms with Crippen molar-refractivity contribution in [1.29, 1.82) is 5.26 Å². The van der Waals surface area contributed by atoms with Crippen LogP contribution < -0.4 is 15.4 Å². The highest BCUT2D eigenvalue weighted by Crippen LogP contribution is 2.22. The third-order valence-corrected chi connectivity index (χ3v) is 4.12. The fraction of sp³-hybridized carbons (Fsp3) is 0.300. The van der Waals surface area contributed by atoms with Gasteiger partial charge in [-0.05, 0) is 48.7 Å². The highest BCUT2D eigenvalue weighted by molar-refractivity contribution is 14.0. The molecule has 0 atom stereocenters. The number of rotatable bonds is 7. The van der Waals surface area contributed by atoms with Crippen LogP contribution in [0.4, 0.5) is 0 Å². The molecule has 2 aromatic rings. The van der Waals surface area contributed by atoms with Gasteiger partial charge in [-0.1, -0.05) is 29.8 Å². The number of aliphatic imine (C=N–C) groups is 1. The standard InChI is InChI=1S/C20H23ClN4O.HI/c1-3-23-20(25-14-16-6-4-5-15(11-16)13-22)24-10-9-17-7-8-18(26-2)12-19(17)21;/h4-8,11-12H,3,9-10,14H2,1-2H3,(H2,23,24,25);1H. The molecule has 0 radical (unpaired) electrons. The molecule has 0 aromatic heterocycles. The maximum Gasteiger partial charge on any atom is 0.191 e. The average molecular weight is 499 g/mol. The van der Waals surface area contributed by atoms with Gasteiger partial charge >= 0.3 is 0 Å². The number of nitrogens with zero attached hydrogens (tertiary/aromatic N) is 2. The Morgan fingerprint density at radius 3 is 2.70 bits per heavy atom. The number of hydrogen-bond donors (Lipinski definition) is 2. The molecule has 0 saturated carbocycles. The normalized spacial score (nSPS) is 10.5. The lowest BCUT2D eigenvalue weighted by Crippen LogP contribution is -2.38. The lowest BCUT2D eigenvalue weighted by molar-refractivity contribution is 0.414. The fourth-order valence-electron chi connectivity index (χ4n) is 2.42. The lowest BCUT2D eigenvalue weighted by Gasteiger charge is -2.12. The minimum atomic E-state index is 0. The number of nitriles is 1. The molecule has 0 fully saturated rings. The van der Waals surface area contributed by atoms with Gasteiger partial charge in [0.1, 0.15) is 5.75 Å². The van der Waals surface area contributed by atoms with Crippen LogP contribution in [0.5, 0.6) is 5.75 Å². The molecule has 2 rings (SSSR count). The Morgan fingerprint density at radius 1 is 1.22 bits per heavy atom. The van der Waals surface area contributed by atoms with E-state index in [1.54, 1.807) is 13.2 Å². The molecule has 2 N–H and O–H groups in total. The van der Waals surface area contributed by atoms with E-state index in [-0.39, 0.29) is 24.0 Å². The third kappa shape index (κ3) is 7.65. The topological polar surface area (TPSA) is 69.4 Å². The molecule has 0 aliphatic heterocycles. The van der Waals surface area contributed by atoms with Crippen molar-refractivity contribution in [3.63, 3.8) is 0 Å². The molecule has 0 bridgehead atoms. The Morgan fingerprint density at radius 2 is 2.04 bits per heavy atom. The van der Waals surface area contributed by atoms with E-state index >= 15 is 0 Å². The summed E-state index contributed by atoms with van der Waals surface area (Å²) in [6.45, 7) is 4.01. The van der Waals surface area contributed by atoms with Gasteiger partial charge in [-0.3, -0.25) is 0 Å². The van der Waals surface area contributed by atoms with Gasteiger partial charge in [0.15, 0.2) is 5.96 Å². The number of benzene rings is 2. The zero-order chi connectivity index (χ0) is 18.8. The number of halogens is 2. The van der Waals surface area contributed by atoms with Gasteiger partial charge in [0.25, 0.3) is 0 Å². The average Bonchev–Trinajstić information content (AvgIpc) is 2.67. The molecule has 0 amide bonds. The van der Waals surface area contributed by atoms with E-state index < -0.39 is 0 Å². The third-order valence-electron chi connectivity index (χ3n) is 3.77. The highest BCUT2D eigenvalue weighted by atomic mass is 127. The van der Waals surface area contributed by atoms with Crippen LogP contribution in [-0.2, 0) is 13.0 Å². The molecular formula is C20H24ClIN4O. The number of hydrogen-bond acceptors (Lipinski definition) is 3. The van der Waals surface area contributed by atoms with Crippen LogP contribution in [0.15, 0.2) is 47.5 Å². The predicted molar refractivity (Wildman–Crippen MR) is 121 cm³/mol. The van der Waals surface area contributed by atoms with Crippen molar-refractivity contribution in [3.8, 4) is 11.8 Å². The largest absolute Gasteiger partial charge is 0.497 e. The van der Waals surface area contributed by atoms with E-state index in [0.717, 1.165) is 35.8 Å². The predicted octanol–water partition coefficient (Wildman–Crippen LogP) is 4.14. The number of methoxy groups -OCH3 is 1. The summed E-state index contributed by atoms with van der Waals surface area (Å²) in [5, 5.41) is 16.2. The molecule has 0 spiro atoms. The summed E-state index contributed by atoms with van der Waals surface area (Å²) >= 11 is 6.27. The van der Waals surface area contributed by atoms with Gasteiger partial charge in [0.2, 0.25) is 0 Å². The minimum absolute atomic E-state index is 0. The summed E-state index contributed by atoms with van der Waals surface area (Å²) < 4.78 is 5.17. The molecule has 5 nitrogen and oxygen atoms in total. The Labute approximate surface area is 182 Å². The molecule has 27 heavy (non-hydrogen) atoms. The van der Waals surface area contributed by atoms with Crippen LogP contribution >= 0.6 is 35.6 Å². The van der Waals surface area contributed by atoms with E-state index in [1.165, 1.54) is 0 Å². The van der Waals surface area contributed by atoms with E-state index in [9.17, 15) is 0 Å². The molecule has 0 heterocycles. The molecule has 0 saturated heterocycles. The summed E-state index contributed by atoms with van der Waals surface area (Å²) in [6, 6.07) is 15.3. The Kier molecular flexibility index (Phi) is 10.6.